The Labute approximate surface area is 97.4 Å². The lowest BCUT2D eigenvalue weighted by Gasteiger charge is -2.11. The van der Waals surface area contributed by atoms with Gasteiger partial charge >= 0.3 is 0 Å². The van der Waals surface area contributed by atoms with E-state index in [-0.39, 0.29) is 24.7 Å². The maximum absolute atomic E-state index is 11.6. The van der Waals surface area contributed by atoms with Crippen molar-refractivity contribution in [1.29, 1.82) is 0 Å². The first-order chi connectivity index (χ1) is 7.74. The molecule has 4 nitrogen and oxygen atoms in total. The Morgan fingerprint density at radius 3 is 2.69 bits per heavy atom. The molecule has 2 atom stereocenters. The van der Waals surface area contributed by atoms with Crippen LogP contribution in [0.1, 0.15) is 45.4 Å². The van der Waals surface area contributed by atoms with E-state index in [2.05, 4.69) is 5.32 Å². The molecule has 16 heavy (non-hydrogen) atoms. The third-order valence-corrected chi connectivity index (χ3v) is 2.91. The van der Waals surface area contributed by atoms with Crippen LogP contribution in [0, 0.1) is 0 Å². The van der Waals surface area contributed by atoms with Gasteiger partial charge in [-0.2, -0.15) is 0 Å². The van der Waals surface area contributed by atoms with Crippen molar-refractivity contribution in [2.24, 2.45) is 0 Å². The van der Waals surface area contributed by atoms with Crippen molar-refractivity contribution in [1.82, 2.24) is 5.32 Å². The van der Waals surface area contributed by atoms with Crippen molar-refractivity contribution >= 4 is 5.91 Å². The molecule has 1 rings (SSSR count). The number of ether oxygens (including phenoxy) is 1. The van der Waals surface area contributed by atoms with Crippen molar-refractivity contribution < 1.29 is 14.6 Å². The second kappa shape index (κ2) is 7.63. The smallest absolute Gasteiger partial charge is 0.249 e. The third kappa shape index (κ3) is 4.94. The van der Waals surface area contributed by atoms with E-state index in [1.54, 1.807) is 0 Å². The highest BCUT2D eigenvalue weighted by Crippen LogP contribution is 2.18. The van der Waals surface area contributed by atoms with Gasteiger partial charge in [0.15, 0.2) is 0 Å². The van der Waals surface area contributed by atoms with Crippen LogP contribution < -0.4 is 5.32 Å². The van der Waals surface area contributed by atoms with Crippen LogP contribution in [0.3, 0.4) is 0 Å². The minimum atomic E-state index is -0.229. The number of rotatable bonds is 7. The summed E-state index contributed by atoms with van der Waals surface area (Å²) in [5.41, 5.74) is 0. The van der Waals surface area contributed by atoms with Gasteiger partial charge < -0.3 is 15.2 Å². The standard InChI is InChI=1S/C12H23NO3/c1-10-6-7-11(16-10)12(15)13-8-4-2-3-5-9-14/h10-11,14H,2-9H2,1H3,(H,13,15). The Balaban J connectivity index is 1.98. The molecule has 0 aromatic heterocycles. The molecule has 1 saturated heterocycles. The Morgan fingerprint density at radius 2 is 2.06 bits per heavy atom. The van der Waals surface area contributed by atoms with Crippen molar-refractivity contribution in [3.05, 3.63) is 0 Å². The number of hydrogen-bond acceptors (Lipinski definition) is 3. The van der Waals surface area contributed by atoms with Gasteiger partial charge in [0.1, 0.15) is 6.10 Å². The summed E-state index contributed by atoms with van der Waals surface area (Å²) in [5.74, 6) is 0.0338. The molecule has 1 fully saturated rings. The topological polar surface area (TPSA) is 58.6 Å². The summed E-state index contributed by atoms with van der Waals surface area (Å²) in [6.07, 6.45) is 5.75. The first-order valence-electron chi connectivity index (χ1n) is 6.28. The zero-order chi connectivity index (χ0) is 11.8. The molecule has 1 aliphatic heterocycles. The number of aliphatic hydroxyl groups excluding tert-OH is 1. The normalized spacial score (nSPS) is 24.6. The minimum absolute atomic E-state index is 0.0338. The van der Waals surface area contributed by atoms with Crippen molar-refractivity contribution in [2.75, 3.05) is 13.2 Å². The molecule has 0 bridgehead atoms. The molecule has 2 unspecified atom stereocenters. The molecule has 1 aliphatic rings. The Bertz CT molecular complexity index is 208. The average molecular weight is 229 g/mol. The van der Waals surface area contributed by atoms with Crippen LogP contribution in [0.2, 0.25) is 0 Å². The fraction of sp³-hybridized carbons (Fsp3) is 0.917. The molecular weight excluding hydrogens is 206 g/mol. The van der Waals surface area contributed by atoms with Gasteiger partial charge in [-0.3, -0.25) is 4.79 Å². The van der Waals surface area contributed by atoms with Crippen LogP contribution >= 0.6 is 0 Å². The fourth-order valence-corrected chi connectivity index (χ4v) is 1.91. The summed E-state index contributed by atoms with van der Waals surface area (Å²) >= 11 is 0. The zero-order valence-corrected chi connectivity index (χ0v) is 10.1. The predicted molar refractivity (Wildman–Crippen MR) is 62.1 cm³/mol. The molecule has 1 amide bonds. The highest BCUT2D eigenvalue weighted by molar-refractivity contribution is 5.80. The Morgan fingerprint density at radius 1 is 1.31 bits per heavy atom. The molecule has 0 aliphatic carbocycles. The number of carbonyl (C=O) groups is 1. The molecule has 4 heteroatoms. The predicted octanol–water partition coefficient (Wildman–Crippen LogP) is 1.22. The highest BCUT2D eigenvalue weighted by atomic mass is 16.5. The first kappa shape index (κ1) is 13.5. The maximum Gasteiger partial charge on any atom is 0.249 e. The largest absolute Gasteiger partial charge is 0.396 e. The second-order valence-corrected chi connectivity index (χ2v) is 4.44. The third-order valence-electron chi connectivity index (χ3n) is 2.91. The Hall–Kier alpha value is -0.610. The summed E-state index contributed by atoms with van der Waals surface area (Å²) in [7, 11) is 0. The summed E-state index contributed by atoms with van der Waals surface area (Å²) in [4.78, 5) is 11.6. The molecule has 0 radical (unpaired) electrons. The zero-order valence-electron chi connectivity index (χ0n) is 10.1. The summed E-state index contributed by atoms with van der Waals surface area (Å²) < 4.78 is 5.47. The Kier molecular flexibility index (Phi) is 6.42. The van der Waals surface area contributed by atoms with Crippen LogP contribution in [0.5, 0.6) is 0 Å². The SMILES string of the molecule is CC1CCC(C(=O)NCCCCCCO)O1. The van der Waals surface area contributed by atoms with E-state index in [4.69, 9.17) is 9.84 Å². The van der Waals surface area contributed by atoms with Crippen LogP contribution in [0.25, 0.3) is 0 Å². The van der Waals surface area contributed by atoms with E-state index in [1.807, 2.05) is 6.92 Å². The molecular formula is C12H23NO3. The summed E-state index contributed by atoms with van der Waals surface area (Å²) in [5, 5.41) is 11.5. The molecule has 0 spiro atoms. The number of carbonyl (C=O) groups excluding carboxylic acids is 1. The van der Waals surface area contributed by atoms with Gasteiger partial charge in [0, 0.05) is 13.2 Å². The molecule has 2 N–H and O–H groups in total. The number of unbranched alkanes of at least 4 members (excludes halogenated alkanes) is 3. The van der Waals surface area contributed by atoms with Crippen molar-refractivity contribution in [3.8, 4) is 0 Å². The number of amides is 1. The van der Waals surface area contributed by atoms with Crippen LogP contribution in [-0.4, -0.2) is 36.4 Å². The van der Waals surface area contributed by atoms with E-state index in [0.717, 1.165) is 45.1 Å². The maximum atomic E-state index is 11.6. The van der Waals surface area contributed by atoms with Crippen LogP contribution in [0.15, 0.2) is 0 Å². The molecule has 94 valence electrons. The lowest BCUT2D eigenvalue weighted by atomic mass is 10.2. The summed E-state index contributed by atoms with van der Waals surface area (Å²) in [6.45, 7) is 2.99. The van der Waals surface area contributed by atoms with Gasteiger partial charge in [-0.05, 0) is 32.6 Å². The van der Waals surface area contributed by atoms with Gasteiger partial charge in [-0.1, -0.05) is 12.8 Å². The molecule has 1 heterocycles. The molecule has 0 aromatic rings. The number of hydrogen-bond donors (Lipinski definition) is 2. The van der Waals surface area contributed by atoms with E-state index < -0.39 is 0 Å². The average Bonchev–Trinajstić information content (AvgIpc) is 2.70. The quantitative estimate of drug-likeness (QED) is 0.645. The highest BCUT2D eigenvalue weighted by Gasteiger charge is 2.27. The van der Waals surface area contributed by atoms with Crippen molar-refractivity contribution in [2.45, 2.75) is 57.7 Å². The van der Waals surface area contributed by atoms with Crippen LogP contribution in [-0.2, 0) is 9.53 Å². The van der Waals surface area contributed by atoms with Gasteiger partial charge in [0.25, 0.3) is 0 Å². The van der Waals surface area contributed by atoms with Gasteiger partial charge in [-0.15, -0.1) is 0 Å². The molecule has 0 saturated carbocycles. The monoisotopic (exact) mass is 229 g/mol. The second-order valence-electron chi connectivity index (χ2n) is 4.44. The van der Waals surface area contributed by atoms with E-state index >= 15 is 0 Å². The molecule has 0 aromatic carbocycles. The van der Waals surface area contributed by atoms with Crippen molar-refractivity contribution in [3.63, 3.8) is 0 Å². The van der Waals surface area contributed by atoms with E-state index in [0.29, 0.717) is 0 Å². The van der Waals surface area contributed by atoms with E-state index in [1.165, 1.54) is 0 Å². The van der Waals surface area contributed by atoms with Gasteiger partial charge in [0.2, 0.25) is 5.91 Å². The number of nitrogens with one attached hydrogen (secondary N) is 1. The van der Waals surface area contributed by atoms with Crippen LogP contribution in [0.4, 0.5) is 0 Å². The lowest BCUT2D eigenvalue weighted by molar-refractivity contribution is -0.131. The fourth-order valence-electron chi connectivity index (χ4n) is 1.91. The minimum Gasteiger partial charge on any atom is -0.396 e. The van der Waals surface area contributed by atoms with Gasteiger partial charge in [0.05, 0.1) is 6.10 Å². The first-order valence-corrected chi connectivity index (χ1v) is 6.28. The lowest BCUT2D eigenvalue weighted by Crippen LogP contribution is -2.35. The van der Waals surface area contributed by atoms with E-state index in [9.17, 15) is 4.79 Å². The van der Waals surface area contributed by atoms with Gasteiger partial charge in [-0.25, -0.2) is 0 Å². The summed E-state index contributed by atoms with van der Waals surface area (Å²) in [6, 6.07) is 0. The number of aliphatic hydroxyl groups is 1.